The highest BCUT2D eigenvalue weighted by molar-refractivity contribution is 7.99. The third-order valence-electron chi connectivity index (χ3n) is 2.75. The molecule has 1 N–H and O–H groups in total. The molecule has 2 nitrogen and oxygen atoms in total. The van der Waals surface area contributed by atoms with Crippen LogP contribution in [-0.4, -0.2) is 23.0 Å². The van der Waals surface area contributed by atoms with Crippen LogP contribution >= 0.6 is 23.1 Å². The molecule has 4 heteroatoms. The monoisotopic (exact) mass is 242 g/mol. The van der Waals surface area contributed by atoms with Crippen LogP contribution in [0.4, 0.5) is 0 Å². The summed E-state index contributed by atoms with van der Waals surface area (Å²) in [6.45, 7) is 5.47. The van der Waals surface area contributed by atoms with Crippen molar-refractivity contribution in [3.8, 4) is 0 Å². The fourth-order valence-electron chi connectivity index (χ4n) is 1.75. The van der Waals surface area contributed by atoms with Crippen molar-refractivity contribution in [1.82, 2.24) is 10.3 Å². The van der Waals surface area contributed by atoms with Crippen LogP contribution in [0, 0.1) is 12.8 Å². The van der Waals surface area contributed by atoms with Gasteiger partial charge in [-0.1, -0.05) is 0 Å². The first-order chi connectivity index (χ1) is 7.25. The first-order valence-corrected chi connectivity index (χ1v) is 7.46. The molecular formula is C11H18N2S2. The number of nitrogens with one attached hydrogen (secondary N) is 1. The molecule has 2 atom stereocenters. The highest BCUT2D eigenvalue weighted by Crippen LogP contribution is 2.24. The highest BCUT2D eigenvalue weighted by atomic mass is 32.2. The summed E-state index contributed by atoms with van der Waals surface area (Å²) in [5, 5.41) is 4.81. The first-order valence-electron chi connectivity index (χ1n) is 5.49. The minimum Gasteiger partial charge on any atom is -0.308 e. The van der Waals surface area contributed by atoms with Gasteiger partial charge in [0.25, 0.3) is 0 Å². The number of aromatic nitrogens is 1. The molecule has 1 fully saturated rings. The molecule has 0 amide bonds. The molecule has 15 heavy (non-hydrogen) atoms. The predicted octanol–water partition coefficient (Wildman–Crippen LogP) is 2.86. The van der Waals surface area contributed by atoms with E-state index in [0.717, 1.165) is 12.5 Å². The maximum absolute atomic E-state index is 4.41. The van der Waals surface area contributed by atoms with E-state index in [1.807, 2.05) is 6.20 Å². The van der Waals surface area contributed by atoms with E-state index >= 15 is 0 Å². The largest absolute Gasteiger partial charge is 0.308 e. The van der Waals surface area contributed by atoms with Gasteiger partial charge in [0.1, 0.15) is 5.01 Å². The molecule has 0 radical (unpaired) electrons. The topological polar surface area (TPSA) is 24.9 Å². The van der Waals surface area contributed by atoms with Crippen LogP contribution in [0.1, 0.15) is 29.3 Å². The average Bonchev–Trinajstić information content (AvgIpc) is 2.84. The highest BCUT2D eigenvalue weighted by Gasteiger charge is 2.17. The minimum absolute atomic E-state index is 0.411. The Morgan fingerprint density at radius 1 is 1.67 bits per heavy atom. The molecule has 0 saturated carbocycles. The number of thioether (sulfide) groups is 1. The van der Waals surface area contributed by atoms with Gasteiger partial charge in [-0.25, -0.2) is 4.98 Å². The third kappa shape index (κ3) is 3.20. The zero-order chi connectivity index (χ0) is 10.7. The van der Waals surface area contributed by atoms with E-state index < -0.39 is 0 Å². The summed E-state index contributed by atoms with van der Waals surface area (Å²) in [5.74, 6) is 3.55. The molecule has 0 bridgehead atoms. The van der Waals surface area contributed by atoms with Gasteiger partial charge in [-0.3, -0.25) is 0 Å². The fourth-order valence-corrected chi connectivity index (χ4v) is 3.83. The van der Waals surface area contributed by atoms with Gasteiger partial charge in [0.2, 0.25) is 0 Å². The average molecular weight is 242 g/mol. The number of thiazole rings is 1. The number of hydrogen-bond acceptors (Lipinski definition) is 4. The number of hydrogen-bond donors (Lipinski definition) is 1. The second kappa shape index (κ2) is 5.32. The second-order valence-electron chi connectivity index (χ2n) is 4.17. The molecule has 1 aliphatic heterocycles. The molecule has 2 unspecified atom stereocenters. The van der Waals surface area contributed by atoms with Gasteiger partial charge in [-0.2, -0.15) is 11.8 Å². The van der Waals surface area contributed by atoms with Crippen molar-refractivity contribution in [2.45, 2.75) is 26.3 Å². The van der Waals surface area contributed by atoms with E-state index in [1.54, 1.807) is 11.3 Å². The lowest BCUT2D eigenvalue weighted by Gasteiger charge is -2.14. The molecular weight excluding hydrogens is 224 g/mol. The number of aryl methyl sites for hydroxylation is 1. The number of nitrogens with zero attached hydrogens (tertiary/aromatic N) is 1. The normalized spacial score (nSPS) is 23.2. The van der Waals surface area contributed by atoms with Gasteiger partial charge in [0.05, 0.1) is 6.04 Å². The quantitative estimate of drug-likeness (QED) is 0.879. The Hall–Kier alpha value is -0.0600. The standard InChI is InChI=1S/C11H18N2S2/c1-8-5-13-11(15-8)9(2)12-6-10-3-4-14-7-10/h5,9-10,12H,3-4,6-7H2,1-2H3. The van der Waals surface area contributed by atoms with Crippen molar-refractivity contribution >= 4 is 23.1 Å². The maximum atomic E-state index is 4.41. The van der Waals surface area contributed by atoms with E-state index in [2.05, 4.69) is 35.9 Å². The van der Waals surface area contributed by atoms with Crippen molar-refractivity contribution in [2.75, 3.05) is 18.1 Å². The van der Waals surface area contributed by atoms with Crippen LogP contribution in [0.15, 0.2) is 6.20 Å². The van der Waals surface area contributed by atoms with Crippen molar-refractivity contribution < 1.29 is 0 Å². The Morgan fingerprint density at radius 2 is 2.53 bits per heavy atom. The molecule has 84 valence electrons. The Labute approximate surface area is 99.9 Å². The summed E-state index contributed by atoms with van der Waals surface area (Å²) in [7, 11) is 0. The lowest BCUT2D eigenvalue weighted by Crippen LogP contribution is -2.25. The lowest BCUT2D eigenvalue weighted by atomic mass is 10.1. The summed E-state index contributed by atoms with van der Waals surface area (Å²) in [4.78, 5) is 5.71. The van der Waals surface area contributed by atoms with Crippen LogP contribution in [0.3, 0.4) is 0 Å². The summed E-state index contributed by atoms with van der Waals surface area (Å²) in [6, 6.07) is 0.411. The van der Waals surface area contributed by atoms with Gasteiger partial charge in [0, 0.05) is 11.1 Å². The van der Waals surface area contributed by atoms with E-state index in [-0.39, 0.29) is 0 Å². The molecule has 1 aromatic heterocycles. The molecule has 1 aromatic rings. The van der Waals surface area contributed by atoms with Crippen LogP contribution < -0.4 is 5.32 Å². The summed E-state index contributed by atoms with van der Waals surface area (Å²) in [6.07, 6.45) is 3.34. The molecule has 2 rings (SSSR count). The van der Waals surface area contributed by atoms with Crippen molar-refractivity contribution in [3.05, 3.63) is 16.1 Å². The molecule has 1 saturated heterocycles. The molecule has 0 aliphatic carbocycles. The van der Waals surface area contributed by atoms with E-state index in [9.17, 15) is 0 Å². The molecule has 2 heterocycles. The van der Waals surface area contributed by atoms with E-state index in [0.29, 0.717) is 6.04 Å². The van der Waals surface area contributed by atoms with Crippen molar-refractivity contribution in [3.63, 3.8) is 0 Å². The van der Waals surface area contributed by atoms with Gasteiger partial charge in [0.15, 0.2) is 0 Å². The predicted molar refractivity (Wildman–Crippen MR) is 68.7 cm³/mol. The van der Waals surface area contributed by atoms with Gasteiger partial charge in [-0.05, 0) is 44.2 Å². The SMILES string of the molecule is Cc1cnc(C(C)NCC2CCSC2)s1. The third-order valence-corrected chi connectivity index (χ3v) is 5.07. The molecule has 1 aliphatic rings. The smallest absolute Gasteiger partial charge is 0.109 e. The van der Waals surface area contributed by atoms with Crippen molar-refractivity contribution in [1.29, 1.82) is 0 Å². The zero-order valence-electron chi connectivity index (χ0n) is 9.32. The number of rotatable bonds is 4. The maximum Gasteiger partial charge on any atom is 0.109 e. The van der Waals surface area contributed by atoms with Gasteiger partial charge in [-0.15, -0.1) is 11.3 Å². The van der Waals surface area contributed by atoms with E-state index in [1.165, 1.54) is 27.8 Å². The second-order valence-corrected chi connectivity index (χ2v) is 6.58. The summed E-state index contributed by atoms with van der Waals surface area (Å²) >= 11 is 3.88. The fraction of sp³-hybridized carbons (Fsp3) is 0.727. The van der Waals surface area contributed by atoms with Gasteiger partial charge >= 0.3 is 0 Å². The minimum atomic E-state index is 0.411. The zero-order valence-corrected chi connectivity index (χ0v) is 11.0. The van der Waals surface area contributed by atoms with Crippen LogP contribution in [0.5, 0.6) is 0 Å². The summed E-state index contributed by atoms with van der Waals surface area (Å²) < 4.78 is 0. The molecule has 0 aromatic carbocycles. The van der Waals surface area contributed by atoms with Crippen molar-refractivity contribution in [2.24, 2.45) is 5.92 Å². The Bertz CT molecular complexity index is 305. The van der Waals surface area contributed by atoms with Crippen LogP contribution in [-0.2, 0) is 0 Å². The summed E-state index contributed by atoms with van der Waals surface area (Å²) in [5.41, 5.74) is 0. The van der Waals surface area contributed by atoms with Crippen LogP contribution in [0.25, 0.3) is 0 Å². The van der Waals surface area contributed by atoms with E-state index in [4.69, 9.17) is 0 Å². The Kier molecular flexibility index (Phi) is 4.05. The van der Waals surface area contributed by atoms with Crippen LogP contribution in [0.2, 0.25) is 0 Å². The molecule has 0 spiro atoms. The van der Waals surface area contributed by atoms with Gasteiger partial charge < -0.3 is 5.32 Å². The Balaban J connectivity index is 1.79. The first kappa shape index (κ1) is 11.4. The lowest BCUT2D eigenvalue weighted by molar-refractivity contribution is 0.476. The Morgan fingerprint density at radius 3 is 3.13 bits per heavy atom.